The summed E-state index contributed by atoms with van der Waals surface area (Å²) in [4.78, 5) is 31.5. The van der Waals surface area contributed by atoms with E-state index in [-0.39, 0.29) is 18.0 Å². The standard InChI is InChI=1S/C37H52N4O4/c1-37(2,3)45-36(43)26-13-15-31-32(23-26)41-24-28(35(42)38-17-18-40(6)20-19-39(4)5)21-27-22-29(44-7)14-16-30(27)34(41)33(31)25-11-9-8-10-12-25/h13-16,21,23,25,29H,8-12,17-20,22,24H2,1-7H3,(H,38,42). The summed E-state index contributed by atoms with van der Waals surface area (Å²) in [6.07, 6.45) is 13.1. The molecule has 3 aliphatic rings. The average Bonchev–Trinajstić information content (AvgIpc) is 3.21. The lowest BCUT2D eigenvalue weighted by Gasteiger charge is -2.25. The molecule has 0 bridgehead atoms. The Morgan fingerprint density at radius 3 is 2.49 bits per heavy atom. The fourth-order valence-electron chi connectivity index (χ4n) is 6.85. The number of carbonyl (C=O) groups is 2. The molecule has 1 fully saturated rings. The summed E-state index contributed by atoms with van der Waals surface area (Å²) in [7, 11) is 7.97. The minimum absolute atomic E-state index is 0.0394. The molecule has 1 aromatic heterocycles. The number of hydrogen-bond acceptors (Lipinski definition) is 6. The molecule has 244 valence electrons. The predicted molar refractivity (Wildman–Crippen MR) is 182 cm³/mol. The van der Waals surface area contributed by atoms with Crippen LogP contribution in [0.5, 0.6) is 0 Å². The normalized spacial score (nSPS) is 19.0. The van der Waals surface area contributed by atoms with E-state index < -0.39 is 5.60 Å². The molecular weight excluding hydrogens is 564 g/mol. The van der Waals surface area contributed by atoms with E-state index in [1.165, 1.54) is 35.9 Å². The van der Waals surface area contributed by atoms with Gasteiger partial charge in [-0.15, -0.1) is 0 Å². The van der Waals surface area contributed by atoms with Gasteiger partial charge in [0.25, 0.3) is 0 Å². The minimum Gasteiger partial charge on any atom is -0.456 e. The van der Waals surface area contributed by atoms with Crippen LogP contribution in [0.1, 0.15) is 86.8 Å². The molecule has 8 heteroatoms. The molecule has 8 nitrogen and oxygen atoms in total. The van der Waals surface area contributed by atoms with Gasteiger partial charge in [-0.1, -0.05) is 37.5 Å². The van der Waals surface area contributed by atoms with Crippen molar-refractivity contribution in [2.24, 2.45) is 0 Å². The fourth-order valence-corrected chi connectivity index (χ4v) is 6.85. The number of aromatic nitrogens is 1. The first-order chi connectivity index (χ1) is 21.4. The molecule has 2 aromatic rings. The smallest absolute Gasteiger partial charge is 0.338 e. The molecule has 1 aliphatic heterocycles. The van der Waals surface area contributed by atoms with Crippen molar-refractivity contribution < 1.29 is 19.1 Å². The van der Waals surface area contributed by atoms with Gasteiger partial charge in [0.1, 0.15) is 5.60 Å². The van der Waals surface area contributed by atoms with Crippen LogP contribution < -0.4 is 5.32 Å². The maximum Gasteiger partial charge on any atom is 0.338 e. The Hall–Kier alpha value is -3.20. The van der Waals surface area contributed by atoms with Crippen LogP contribution in [-0.2, 0) is 20.8 Å². The molecule has 0 radical (unpaired) electrons. The Labute approximate surface area is 269 Å². The van der Waals surface area contributed by atoms with Crippen molar-refractivity contribution in [1.82, 2.24) is 19.7 Å². The van der Waals surface area contributed by atoms with E-state index in [9.17, 15) is 9.59 Å². The third-order valence-corrected chi connectivity index (χ3v) is 9.23. The Bertz CT molecular complexity index is 1500. The molecule has 1 unspecified atom stereocenters. The molecule has 1 N–H and O–H groups in total. The van der Waals surface area contributed by atoms with Gasteiger partial charge in [-0.2, -0.15) is 0 Å². The number of esters is 1. The zero-order valence-corrected chi connectivity index (χ0v) is 28.4. The number of ether oxygens (including phenoxy) is 2. The summed E-state index contributed by atoms with van der Waals surface area (Å²) in [5, 5.41) is 4.37. The number of rotatable bonds is 10. The van der Waals surface area contributed by atoms with Crippen LogP contribution in [0.15, 0.2) is 47.6 Å². The number of allylic oxidation sites excluding steroid dienone is 3. The van der Waals surface area contributed by atoms with Gasteiger partial charge in [0.2, 0.25) is 5.91 Å². The number of methoxy groups -OCH3 is 1. The minimum atomic E-state index is -0.589. The Morgan fingerprint density at radius 1 is 1.04 bits per heavy atom. The first-order valence-electron chi connectivity index (χ1n) is 16.6. The van der Waals surface area contributed by atoms with E-state index in [0.29, 0.717) is 31.0 Å². The summed E-state index contributed by atoms with van der Waals surface area (Å²) in [6, 6.07) is 5.99. The second kappa shape index (κ2) is 14.1. The second-order valence-electron chi connectivity index (χ2n) is 14.2. The maximum absolute atomic E-state index is 13.8. The highest BCUT2D eigenvalue weighted by Crippen LogP contribution is 2.46. The summed E-state index contributed by atoms with van der Waals surface area (Å²) in [5.41, 5.74) is 6.46. The van der Waals surface area contributed by atoms with E-state index in [1.807, 2.05) is 32.9 Å². The van der Waals surface area contributed by atoms with E-state index in [1.54, 1.807) is 7.11 Å². The van der Waals surface area contributed by atoms with E-state index in [2.05, 4.69) is 65.1 Å². The van der Waals surface area contributed by atoms with Crippen LogP contribution >= 0.6 is 0 Å². The number of likely N-dealkylation sites (N-methyl/N-ethyl adjacent to an activating group) is 2. The monoisotopic (exact) mass is 616 g/mol. The number of benzene rings is 1. The van der Waals surface area contributed by atoms with Crippen LogP contribution in [0, 0.1) is 0 Å². The van der Waals surface area contributed by atoms with Crippen molar-refractivity contribution in [2.45, 2.75) is 83.5 Å². The highest BCUT2D eigenvalue weighted by atomic mass is 16.6. The van der Waals surface area contributed by atoms with E-state index in [0.717, 1.165) is 54.7 Å². The van der Waals surface area contributed by atoms with Crippen LogP contribution in [0.3, 0.4) is 0 Å². The molecule has 2 aliphatic carbocycles. The Balaban J connectivity index is 1.57. The van der Waals surface area contributed by atoms with Crippen LogP contribution in [0.25, 0.3) is 16.5 Å². The molecule has 2 heterocycles. The van der Waals surface area contributed by atoms with Gasteiger partial charge in [-0.3, -0.25) is 4.79 Å². The Morgan fingerprint density at radius 2 is 1.80 bits per heavy atom. The molecule has 5 rings (SSSR count). The lowest BCUT2D eigenvalue weighted by atomic mass is 9.80. The third kappa shape index (κ3) is 7.79. The van der Waals surface area contributed by atoms with Crippen molar-refractivity contribution >= 4 is 28.4 Å². The molecule has 1 atom stereocenters. The summed E-state index contributed by atoms with van der Waals surface area (Å²) < 4.78 is 13.8. The number of hydrogen-bond donors (Lipinski definition) is 1. The molecule has 1 amide bonds. The molecule has 0 spiro atoms. The summed E-state index contributed by atoms with van der Waals surface area (Å²) >= 11 is 0. The van der Waals surface area contributed by atoms with Crippen LogP contribution in [0.4, 0.5) is 0 Å². The molecular formula is C37H52N4O4. The zero-order chi connectivity index (χ0) is 32.3. The number of carbonyl (C=O) groups excluding carboxylic acids is 2. The SMILES string of the molecule is COC1C=CC2=C(C=C(C(=O)NCCN(C)CCN(C)C)Cn3c2c(C2CCCCC2)c2ccc(C(=O)OC(C)(C)C)cc23)C1. The maximum atomic E-state index is 13.8. The highest BCUT2D eigenvalue weighted by Gasteiger charge is 2.32. The van der Waals surface area contributed by atoms with Crippen LogP contribution in [0.2, 0.25) is 0 Å². The highest BCUT2D eigenvalue weighted by molar-refractivity contribution is 6.01. The predicted octanol–water partition coefficient (Wildman–Crippen LogP) is 5.92. The summed E-state index contributed by atoms with van der Waals surface area (Å²) in [5.74, 6) is 0.0453. The third-order valence-electron chi connectivity index (χ3n) is 9.23. The first kappa shape index (κ1) is 33.2. The van der Waals surface area contributed by atoms with Gasteiger partial charge in [-0.25, -0.2) is 4.79 Å². The van der Waals surface area contributed by atoms with Gasteiger partial charge < -0.3 is 29.2 Å². The summed E-state index contributed by atoms with van der Waals surface area (Å²) in [6.45, 7) is 9.35. The lowest BCUT2D eigenvalue weighted by molar-refractivity contribution is -0.117. The first-order valence-corrected chi connectivity index (χ1v) is 16.6. The Kier molecular flexibility index (Phi) is 10.4. The van der Waals surface area contributed by atoms with Gasteiger partial charge in [0.05, 0.1) is 23.9 Å². The van der Waals surface area contributed by atoms with Gasteiger partial charge in [-0.05, 0) is 90.0 Å². The molecule has 45 heavy (non-hydrogen) atoms. The van der Waals surface area contributed by atoms with Gasteiger partial charge in [0, 0.05) is 61.8 Å². The van der Waals surface area contributed by atoms with Crippen molar-refractivity contribution in [2.75, 3.05) is 54.4 Å². The molecule has 1 saturated carbocycles. The molecule has 0 saturated heterocycles. The van der Waals surface area contributed by atoms with Crippen molar-refractivity contribution in [3.8, 4) is 0 Å². The molecule has 1 aromatic carbocycles. The van der Waals surface area contributed by atoms with Crippen molar-refractivity contribution in [3.05, 3.63) is 64.4 Å². The number of amides is 1. The van der Waals surface area contributed by atoms with Gasteiger partial charge >= 0.3 is 5.97 Å². The average molecular weight is 617 g/mol. The van der Waals surface area contributed by atoms with Crippen molar-refractivity contribution in [3.63, 3.8) is 0 Å². The van der Waals surface area contributed by atoms with Crippen molar-refractivity contribution in [1.29, 1.82) is 0 Å². The lowest BCUT2D eigenvalue weighted by Crippen LogP contribution is -2.37. The number of nitrogens with one attached hydrogen (secondary N) is 1. The van der Waals surface area contributed by atoms with Crippen LogP contribution in [-0.4, -0.2) is 92.4 Å². The quantitative estimate of drug-likeness (QED) is 0.334. The zero-order valence-electron chi connectivity index (χ0n) is 28.4. The van der Waals surface area contributed by atoms with Gasteiger partial charge in [0.15, 0.2) is 0 Å². The number of fused-ring (bicyclic) bond motifs is 4. The largest absolute Gasteiger partial charge is 0.456 e. The second-order valence-corrected chi connectivity index (χ2v) is 14.2. The topological polar surface area (TPSA) is 76.0 Å². The number of nitrogens with zero attached hydrogens (tertiary/aromatic N) is 3. The fraction of sp³-hybridized carbons (Fsp3) is 0.568. The van der Waals surface area contributed by atoms with E-state index in [4.69, 9.17) is 9.47 Å². The van der Waals surface area contributed by atoms with E-state index >= 15 is 0 Å².